The van der Waals surface area contributed by atoms with Gasteiger partial charge in [0.2, 0.25) is 10.0 Å². The summed E-state index contributed by atoms with van der Waals surface area (Å²) in [5.41, 5.74) is 5.32. The highest BCUT2D eigenvalue weighted by Gasteiger charge is 2.22. The van der Waals surface area contributed by atoms with Crippen LogP contribution in [0.5, 0.6) is 0 Å². The van der Waals surface area contributed by atoms with E-state index in [4.69, 9.17) is 10.8 Å². The molecule has 10 heteroatoms. The third-order valence-corrected chi connectivity index (χ3v) is 4.03. The van der Waals surface area contributed by atoms with E-state index in [1.54, 1.807) is 7.05 Å². The van der Waals surface area contributed by atoms with Gasteiger partial charge in [-0.25, -0.2) is 22.9 Å². The number of rotatable bonds is 5. The van der Waals surface area contributed by atoms with Crippen molar-refractivity contribution in [1.82, 2.24) is 19.5 Å². The first-order valence-corrected chi connectivity index (χ1v) is 7.25. The van der Waals surface area contributed by atoms with Crippen molar-refractivity contribution < 1.29 is 18.3 Å². The predicted molar refractivity (Wildman–Crippen MR) is 72.8 cm³/mol. The van der Waals surface area contributed by atoms with Gasteiger partial charge < -0.3 is 10.8 Å². The number of nitrogens with one attached hydrogen (secondary N) is 1. The zero-order chi connectivity index (χ0) is 15.6. The Labute approximate surface area is 120 Å². The molecule has 4 N–H and O–H groups in total. The fourth-order valence-electron chi connectivity index (χ4n) is 1.64. The molecule has 0 aliphatic heterocycles. The number of nitrogens with zero attached hydrogens (tertiary/aromatic N) is 3. The zero-order valence-electron chi connectivity index (χ0n) is 11.0. The third-order valence-electron chi connectivity index (χ3n) is 2.59. The van der Waals surface area contributed by atoms with E-state index in [2.05, 4.69) is 14.8 Å². The summed E-state index contributed by atoms with van der Waals surface area (Å²) in [5.74, 6) is -1.09. The lowest BCUT2D eigenvalue weighted by Crippen LogP contribution is -2.26. The van der Waals surface area contributed by atoms with Crippen LogP contribution in [0.15, 0.2) is 29.4 Å². The van der Waals surface area contributed by atoms with Crippen LogP contribution in [-0.2, 0) is 23.6 Å². The molecule has 2 rings (SSSR count). The molecular weight excluding hydrogens is 298 g/mol. The van der Waals surface area contributed by atoms with E-state index in [1.165, 1.54) is 17.1 Å². The maximum absolute atomic E-state index is 12.2. The van der Waals surface area contributed by atoms with Crippen molar-refractivity contribution in [1.29, 1.82) is 0 Å². The summed E-state index contributed by atoms with van der Waals surface area (Å²) in [5, 5.41) is 13.0. The Morgan fingerprint density at radius 2 is 2.19 bits per heavy atom. The number of carboxylic acid groups (broad SMARTS) is 1. The summed E-state index contributed by atoms with van der Waals surface area (Å²) in [6.07, 6.45) is 1.42. The van der Waals surface area contributed by atoms with Gasteiger partial charge in [0, 0.05) is 12.7 Å². The molecule has 0 radical (unpaired) electrons. The summed E-state index contributed by atoms with van der Waals surface area (Å²) in [7, 11) is -2.40. The van der Waals surface area contributed by atoms with Crippen molar-refractivity contribution in [2.75, 3.05) is 5.73 Å². The number of aromatic nitrogens is 3. The summed E-state index contributed by atoms with van der Waals surface area (Å²) in [6, 6.07) is 3.56. The van der Waals surface area contributed by atoms with Gasteiger partial charge in [0.25, 0.3) is 0 Å². The Morgan fingerprint density at radius 3 is 2.76 bits per heavy atom. The number of nitrogen functional groups attached to an aromatic ring is 1. The second kappa shape index (κ2) is 5.50. The Morgan fingerprint density at radius 1 is 1.48 bits per heavy atom. The van der Waals surface area contributed by atoms with E-state index in [-0.39, 0.29) is 23.6 Å². The summed E-state index contributed by atoms with van der Waals surface area (Å²) in [4.78, 5) is 14.6. The zero-order valence-corrected chi connectivity index (χ0v) is 11.8. The highest BCUT2D eigenvalue weighted by molar-refractivity contribution is 7.89. The van der Waals surface area contributed by atoms with Crippen molar-refractivity contribution in [2.45, 2.75) is 11.4 Å². The lowest BCUT2D eigenvalue weighted by Gasteiger charge is -2.09. The highest BCUT2D eigenvalue weighted by Crippen LogP contribution is 2.19. The summed E-state index contributed by atoms with van der Waals surface area (Å²) < 4.78 is 28.1. The standard InChI is InChI=1S/C11H13N5O4S/c1-16-6-13-10(15-16)5-14-21(19,20)9-4-7(12)2-3-8(9)11(17)18/h2-4,6,14H,5,12H2,1H3,(H,17,18). The molecule has 9 nitrogen and oxygen atoms in total. The fourth-order valence-corrected chi connectivity index (χ4v) is 2.85. The molecule has 0 unspecified atom stereocenters. The Kier molecular flexibility index (Phi) is 3.91. The van der Waals surface area contributed by atoms with Crippen LogP contribution < -0.4 is 10.5 Å². The van der Waals surface area contributed by atoms with Crippen LogP contribution in [0, 0.1) is 0 Å². The molecule has 0 bridgehead atoms. The smallest absolute Gasteiger partial charge is 0.337 e. The molecule has 0 amide bonds. The molecule has 0 fully saturated rings. The molecule has 0 saturated heterocycles. The van der Waals surface area contributed by atoms with Gasteiger partial charge in [-0.3, -0.25) is 4.68 Å². The Hall–Kier alpha value is -2.46. The molecule has 2 aromatic rings. The van der Waals surface area contributed by atoms with Crippen LogP contribution in [0.25, 0.3) is 0 Å². The largest absolute Gasteiger partial charge is 0.478 e. The second-order valence-electron chi connectivity index (χ2n) is 4.22. The first-order valence-electron chi connectivity index (χ1n) is 5.76. The molecule has 0 saturated carbocycles. The molecule has 112 valence electrons. The van der Waals surface area contributed by atoms with Crippen LogP contribution in [0.4, 0.5) is 5.69 Å². The molecule has 0 spiro atoms. The number of hydrogen-bond donors (Lipinski definition) is 3. The monoisotopic (exact) mass is 311 g/mol. The molecule has 1 aromatic carbocycles. The first kappa shape index (κ1) is 14.9. The molecule has 0 aliphatic carbocycles. The van der Waals surface area contributed by atoms with Crippen molar-refractivity contribution in [3.05, 3.63) is 35.9 Å². The molecule has 21 heavy (non-hydrogen) atoms. The van der Waals surface area contributed by atoms with E-state index in [0.717, 1.165) is 12.1 Å². The van der Waals surface area contributed by atoms with Gasteiger partial charge in [0.15, 0.2) is 5.82 Å². The molecule has 0 atom stereocenters. The van der Waals surface area contributed by atoms with Crippen molar-refractivity contribution in [3.63, 3.8) is 0 Å². The number of carboxylic acids is 1. The van der Waals surface area contributed by atoms with E-state index in [9.17, 15) is 13.2 Å². The van der Waals surface area contributed by atoms with Crippen molar-refractivity contribution >= 4 is 21.7 Å². The average molecular weight is 311 g/mol. The number of benzene rings is 1. The summed E-state index contributed by atoms with van der Waals surface area (Å²) >= 11 is 0. The lowest BCUT2D eigenvalue weighted by atomic mass is 10.2. The molecule has 0 aliphatic rings. The minimum Gasteiger partial charge on any atom is -0.478 e. The maximum atomic E-state index is 12.2. The van der Waals surface area contributed by atoms with Gasteiger partial charge in [-0.2, -0.15) is 5.10 Å². The van der Waals surface area contributed by atoms with Crippen molar-refractivity contribution in [3.8, 4) is 0 Å². The molecular formula is C11H13N5O4S. The highest BCUT2D eigenvalue weighted by atomic mass is 32.2. The van der Waals surface area contributed by atoms with Crippen molar-refractivity contribution in [2.24, 2.45) is 7.05 Å². The van der Waals surface area contributed by atoms with Crippen LogP contribution in [0.1, 0.15) is 16.2 Å². The van der Waals surface area contributed by atoms with E-state index >= 15 is 0 Å². The Bertz CT molecular complexity index is 784. The van der Waals surface area contributed by atoms with Crippen LogP contribution in [-0.4, -0.2) is 34.3 Å². The maximum Gasteiger partial charge on any atom is 0.337 e. The number of sulfonamides is 1. The number of aromatic carboxylic acids is 1. The predicted octanol–water partition coefficient (Wildman–Crippen LogP) is -0.426. The van der Waals surface area contributed by atoms with Gasteiger partial charge in [-0.15, -0.1) is 0 Å². The normalized spacial score (nSPS) is 11.5. The van der Waals surface area contributed by atoms with E-state index < -0.39 is 20.9 Å². The molecule has 1 aromatic heterocycles. The quantitative estimate of drug-likeness (QED) is 0.636. The van der Waals surface area contributed by atoms with Crippen LogP contribution in [0.3, 0.4) is 0 Å². The van der Waals surface area contributed by atoms with Gasteiger partial charge in [-0.05, 0) is 18.2 Å². The van der Waals surface area contributed by atoms with Gasteiger partial charge in [0.05, 0.1) is 17.0 Å². The first-order chi connectivity index (χ1) is 9.79. The topological polar surface area (TPSA) is 140 Å². The van der Waals surface area contributed by atoms with Crippen LogP contribution in [0.2, 0.25) is 0 Å². The van der Waals surface area contributed by atoms with Gasteiger partial charge >= 0.3 is 5.97 Å². The second-order valence-corrected chi connectivity index (χ2v) is 5.96. The summed E-state index contributed by atoms with van der Waals surface area (Å²) in [6.45, 7) is -0.156. The van der Waals surface area contributed by atoms with Crippen LogP contribution >= 0.6 is 0 Å². The third kappa shape index (κ3) is 3.35. The number of anilines is 1. The number of hydrogen-bond acceptors (Lipinski definition) is 6. The number of nitrogens with two attached hydrogens (primary N) is 1. The number of aryl methyl sites for hydroxylation is 1. The fraction of sp³-hybridized carbons (Fsp3) is 0.182. The van der Waals surface area contributed by atoms with Gasteiger partial charge in [-0.1, -0.05) is 0 Å². The SMILES string of the molecule is Cn1cnc(CNS(=O)(=O)c2cc(N)ccc2C(=O)O)n1. The van der Waals surface area contributed by atoms with Gasteiger partial charge in [0.1, 0.15) is 6.33 Å². The van der Waals surface area contributed by atoms with E-state index in [1.807, 2.05) is 0 Å². The number of carbonyl (C=O) groups is 1. The minimum atomic E-state index is -4.05. The average Bonchev–Trinajstić information content (AvgIpc) is 2.82. The van der Waals surface area contributed by atoms with E-state index in [0.29, 0.717) is 0 Å². The molecule has 1 heterocycles. The Balaban J connectivity index is 2.31. The minimum absolute atomic E-state index is 0.149. The lowest BCUT2D eigenvalue weighted by molar-refractivity contribution is 0.0692.